The van der Waals surface area contributed by atoms with Crippen LogP contribution in [0.5, 0.6) is 0 Å². The quantitative estimate of drug-likeness (QED) is 0.160. The van der Waals surface area contributed by atoms with E-state index < -0.39 is 0 Å². The average Bonchev–Trinajstić information content (AvgIpc) is 3.53. The lowest BCUT2D eigenvalue weighted by atomic mass is 9.89. The number of benzene rings is 5. The van der Waals surface area contributed by atoms with Crippen LogP contribution in [-0.2, 0) is 12.8 Å². The number of fused-ring (bicyclic) bond motifs is 8. The average molecular weight is 613 g/mol. The zero-order valence-corrected chi connectivity index (χ0v) is 29.4. The normalized spacial score (nSPS) is 12.6. The fourth-order valence-electron chi connectivity index (χ4n) is 6.91. The van der Waals surface area contributed by atoms with Gasteiger partial charge in [0.2, 0.25) is 0 Å². The van der Waals surface area contributed by atoms with Gasteiger partial charge < -0.3 is 8.83 Å². The molecule has 5 aromatic carbocycles. The summed E-state index contributed by atoms with van der Waals surface area (Å²) < 4.78 is 13.0. The molecule has 7 aromatic rings. The Morgan fingerprint density at radius 2 is 0.783 bits per heavy atom. The van der Waals surface area contributed by atoms with Crippen molar-refractivity contribution in [2.45, 2.75) is 107 Å². The van der Waals surface area contributed by atoms with E-state index in [-0.39, 0.29) is 0 Å². The summed E-state index contributed by atoms with van der Waals surface area (Å²) in [5.74, 6) is 0. The van der Waals surface area contributed by atoms with Crippen molar-refractivity contribution in [3.8, 4) is 0 Å². The Labute approximate surface area is 275 Å². The standard InChI is InChI=1S/C42H46O2.C2H6/c1-41(2,3)17-9-7-11-27-13-15-29-21-33-35-25-40-36(26-39(35)43-37(33)23-31(29)19-27)34-22-30-16-14-28(12-8-10-18-42(4,5)6)20-32(30)24-38(34)44-40;1-2/h13-16,19-26H,7-12,17-18H2,1-6H3;1-2H3. The van der Waals surface area contributed by atoms with Crippen LogP contribution in [0.2, 0.25) is 0 Å². The lowest BCUT2D eigenvalue weighted by Crippen LogP contribution is -2.04. The smallest absolute Gasteiger partial charge is 0.136 e. The predicted molar refractivity (Wildman–Crippen MR) is 201 cm³/mol. The van der Waals surface area contributed by atoms with Crippen LogP contribution in [0.15, 0.2) is 81.6 Å². The van der Waals surface area contributed by atoms with Crippen LogP contribution in [0.4, 0.5) is 0 Å². The van der Waals surface area contributed by atoms with Crippen molar-refractivity contribution in [2.75, 3.05) is 0 Å². The molecule has 0 saturated carbocycles. The van der Waals surface area contributed by atoms with E-state index >= 15 is 0 Å². The molecule has 7 rings (SSSR count). The van der Waals surface area contributed by atoms with Crippen molar-refractivity contribution >= 4 is 65.4 Å². The van der Waals surface area contributed by atoms with Crippen molar-refractivity contribution in [3.05, 3.63) is 83.9 Å². The molecule has 0 aliphatic carbocycles. The van der Waals surface area contributed by atoms with Crippen LogP contribution in [-0.4, -0.2) is 0 Å². The zero-order chi connectivity index (χ0) is 32.6. The first-order chi connectivity index (χ1) is 22.0. The highest BCUT2D eigenvalue weighted by Crippen LogP contribution is 2.39. The largest absolute Gasteiger partial charge is 0.456 e. The van der Waals surface area contributed by atoms with Crippen LogP contribution < -0.4 is 0 Å². The molecule has 0 saturated heterocycles. The second-order valence-corrected chi connectivity index (χ2v) is 15.6. The highest BCUT2D eigenvalue weighted by molar-refractivity contribution is 6.18. The van der Waals surface area contributed by atoms with Crippen LogP contribution in [0, 0.1) is 10.8 Å². The summed E-state index contributed by atoms with van der Waals surface area (Å²) in [6.45, 7) is 18.0. The molecule has 0 N–H and O–H groups in total. The van der Waals surface area contributed by atoms with Gasteiger partial charge in [-0.15, -0.1) is 0 Å². The van der Waals surface area contributed by atoms with Gasteiger partial charge in [-0.2, -0.15) is 0 Å². The number of hydrogen-bond acceptors (Lipinski definition) is 2. The van der Waals surface area contributed by atoms with E-state index in [1.165, 1.54) is 71.2 Å². The zero-order valence-electron chi connectivity index (χ0n) is 29.4. The maximum Gasteiger partial charge on any atom is 0.136 e. The van der Waals surface area contributed by atoms with Gasteiger partial charge in [0.1, 0.15) is 22.3 Å². The summed E-state index contributed by atoms with van der Waals surface area (Å²) in [4.78, 5) is 0. The molecule has 2 aromatic heterocycles. The second kappa shape index (κ2) is 12.8. The lowest BCUT2D eigenvalue weighted by Gasteiger charge is -2.17. The maximum atomic E-state index is 6.49. The third-order valence-electron chi connectivity index (χ3n) is 9.39. The lowest BCUT2D eigenvalue weighted by molar-refractivity contribution is 0.360. The molecule has 0 unspecified atom stereocenters. The molecule has 0 spiro atoms. The molecule has 0 atom stereocenters. The molecule has 0 radical (unpaired) electrons. The fraction of sp³-hybridized carbons (Fsp3) is 0.409. The Hall–Kier alpha value is -3.78. The Morgan fingerprint density at radius 3 is 1.17 bits per heavy atom. The predicted octanol–water partition coefficient (Wildman–Crippen LogP) is 14.3. The number of hydrogen-bond donors (Lipinski definition) is 0. The van der Waals surface area contributed by atoms with Crippen LogP contribution >= 0.6 is 0 Å². The number of aryl methyl sites for hydroxylation is 2. The monoisotopic (exact) mass is 612 g/mol. The topological polar surface area (TPSA) is 26.3 Å². The van der Waals surface area contributed by atoms with Crippen molar-refractivity contribution < 1.29 is 8.83 Å². The van der Waals surface area contributed by atoms with Crippen molar-refractivity contribution in [3.63, 3.8) is 0 Å². The fourth-order valence-corrected chi connectivity index (χ4v) is 6.91. The van der Waals surface area contributed by atoms with Crippen molar-refractivity contribution in [1.82, 2.24) is 0 Å². The SMILES string of the molecule is CC.CC(C)(C)CCCCc1ccc2cc3c(cc2c1)oc1cc2c(cc13)oc1cc3cc(CCCCC(C)(C)C)ccc3cc12. The minimum absolute atomic E-state index is 0.410. The Morgan fingerprint density at radius 1 is 0.413 bits per heavy atom. The Balaban J connectivity index is 0.00000182. The number of unbranched alkanes of at least 4 members (excludes halogenated alkanes) is 2. The molecule has 2 heteroatoms. The third kappa shape index (κ3) is 6.97. The van der Waals surface area contributed by atoms with E-state index in [2.05, 4.69) is 114 Å². The van der Waals surface area contributed by atoms with Gasteiger partial charge in [0.05, 0.1) is 0 Å². The van der Waals surface area contributed by atoms with Gasteiger partial charge in [-0.25, -0.2) is 0 Å². The molecular weight excluding hydrogens is 560 g/mol. The van der Waals surface area contributed by atoms with E-state index in [1.54, 1.807) is 0 Å². The molecule has 0 aliphatic heterocycles. The van der Waals surface area contributed by atoms with E-state index in [1.807, 2.05) is 13.8 Å². The van der Waals surface area contributed by atoms with Crippen molar-refractivity contribution in [1.29, 1.82) is 0 Å². The van der Waals surface area contributed by atoms with Gasteiger partial charge in [-0.3, -0.25) is 0 Å². The molecular formula is C44H52O2. The summed E-state index contributed by atoms with van der Waals surface area (Å²) in [5, 5.41) is 9.53. The van der Waals surface area contributed by atoms with Crippen LogP contribution in [0.1, 0.15) is 105 Å². The van der Waals surface area contributed by atoms with Gasteiger partial charge in [0, 0.05) is 21.5 Å². The molecule has 0 aliphatic rings. The van der Waals surface area contributed by atoms with Crippen LogP contribution in [0.3, 0.4) is 0 Å². The first-order valence-corrected chi connectivity index (χ1v) is 17.7. The molecule has 0 bridgehead atoms. The molecule has 46 heavy (non-hydrogen) atoms. The molecule has 240 valence electrons. The second-order valence-electron chi connectivity index (χ2n) is 15.6. The van der Waals surface area contributed by atoms with E-state index in [4.69, 9.17) is 8.83 Å². The minimum atomic E-state index is 0.410. The summed E-state index contributed by atoms with van der Waals surface area (Å²) in [6.07, 6.45) is 9.81. The van der Waals surface area contributed by atoms with Gasteiger partial charge in [0.15, 0.2) is 0 Å². The number of furan rings is 2. The summed E-state index contributed by atoms with van der Waals surface area (Å²) in [6, 6.07) is 27.2. The summed E-state index contributed by atoms with van der Waals surface area (Å²) in [7, 11) is 0. The molecule has 0 amide bonds. The number of rotatable bonds is 8. The summed E-state index contributed by atoms with van der Waals surface area (Å²) in [5.41, 5.74) is 7.35. The van der Waals surface area contributed by atoms with Gasteiger partial charge >= 0.3 is 0 Å². The first-order valence-electron chi connectivity index (χ1n) is 17.7. The summed E-state index contributed by atoms with van der Waals surface area (Å²) >= 11 is 0. The third-order valence-corrected chi connectivity index (χ3v) is 9.39. The van der Waals surface area contributed by atoms with Gasteiger partial charge in [-0.05, 0) is 118 Å². The highest BCUT2D eigenvalue weighted by Gasteiger charge is 2.16. The first kappa shape index (κ1) is 32.2. The molecule has 0 fully saturated rings. The minimum Gasteiger partial charge on any atom is -0.456 e. The molecule has 2 heterocycles. The van der Waals surface area contributed by atoms with E-state index in [9.17, 15) is 0 Å². The van der Waals surface area contributed by atoms with Gasteiger partial charge in [0.25, 0.3) is 0 Å². The van der Waals surface area contributed by atoms with E-state index in [0.29, 0.717) is 10.8 Å². The van der Waals surface area contributed by atoms with Crippen LogP contribution in [0.25, 0.3) is 65.4 Å². The highest BCUT2D eigenvalue weighted by atomic mass is 16.3. The van der Waals surface area contributed by atoms with Crippen molar-refractivity contribution in [2.24, 2.45) is 10.8 Å². The Bertz CT molecular complexity index is 1980. The van der Waals surface area contributed by atoms with E-state index in [0.717, 1.165) is 56.7 Å². The maximum absolute atomic E-state index is 6.49. The Kier molecular flexibility index (Phi) is 8.94. The van der Waals surface area contributed by atoms with Gasteiger partial charge in [-0.1, -0.05) is 105 Å². The molecule has 2 nitrogen and oxygen atoms in total.